The predicted molar refractivity (Wildman–Crippen MR) is 113 cm³/mol. The second-order valence-corrected chi connectivity index (χ2v) is 8.20. The summed E-state index contributed by atoms with van der Waals surface area (Å²) in [7, 11) is -0.822. The van der Waals surface area contributed by atoms with Crippen molar-refractivity contribution in [1.29, 1.82) is 0 Å². The standard InChI is InChI=1S/C20H20ClN3O5S/c1-27-16-6-3-14(4-7-16)17-8-10-20(24-23-17)29-12-11-22-30(25,26)19-13-15(21)5-9-18(19)28-2/h3-10,13,22H,11-12H2,1-2H3. The quantitative estimate of drug-likeness (QED) is 0.501. The van der Waals surface area contributed by atoms with Crippen LogP contribution in [0.15, 0.2) is 59.5 Å². The van der Waals surface area contributed by atoms with Crippen LogP contribution in [0, 0.1) is 0 Å². The zero-order chi connectivity index (χ0) is 21.6. The lowest BCUT2D eigenvalue weighted by Crippen LogP contribution is -2.28. The van der Waals surface area contributed by atoms with Gasteiger partial charge in [0, 0.05) is 23.2 Å². The van der Waals surface area contributed by atoms with Crippen molar-refractivity contribution in [2.45, 2.75) is 4.90 Å². The molecule has 0 saturated heterocycles. The first kappa shape index (κ1) is 21.8. The Morgan fingerprint density at radius 3 is 2.37 bits per heavy atom. The summed E-state index contributed by atoms with van der Waals surface area (Å²) in [5, 5.41) is 8.43. The zero-order valence-corrected chi connectivity index (χ0v) is 17.9. The Labute approximate surface area is 179 Å². The van der Waals surface area contributed by atoms with Gasteiger partial charge in [0.2, 0.25) is 15.9 Å². The summed E-state index contributed by atoms with van der Waals surface area (Å²) in [5.74, 6) is 1.24. The topological polar surface area (TPSA) is 99.6 Å². The summed E-state index contributed by atoms with van der Waals surface area (Å²) < 4.78 is 43.1. The van der Waals surface area contributed by atoms with Gasteiger partial charge in [-0.25, -0.2) is 13.1 Å². The maximum atomic E-state index is 12.5. The van der Waals surface area contributed by atoms with Gasteiger partial charge in [0.1, 0.15) is 23.0 Å². The molecule has 0 spiro atoms. The number of methoxy groups -OCH3 is 2. The second kappa shape index (κ2) is 9.75. The van der Waals surface area contributed by atoms with E-state index < -0.39 is 10.0 Å². The lowest BCUT2D eigenvalue weighted by molar-refractivity contribution is 0.307. The van der Waals surface area contributed by atoms with Crippen molar-refractivity contribution in [2.75, 3.05) is 27.4 Å². The molecule has 0 aliphatic rings. The molecule has 30 heavy (non-hydrogen) atoms. The zero-order valence-electron chi connectivity index (χ0n) is 16.3. The summed E-state index contributed by atoms with van der Waals surface area (Å²) in [6, 6.07) is 15.2. The van der Waals surface area contributed by atoms with Crippen molar-refractivity contribution in [1.82, 2.24) is 14.9 Å². The van der Waals surface area contributed by atoms with Crippen LogP contribution in [0.2, 0.25) is 5.02 Å². The van der Waals surface area contributed by atoms with Gasteiger partial charge in [0.05, 0.1) is 19.9 Å². The van der Waals surface area contributed by atoms with E-state index in [1.807, 2.05) is 24.3 Å². The van der Waals surface area contributed by atoms with Crippen LogP contribution in [0.25, 0.3) is 11.3 Å². The molecule has 0 unspecified atom stereocenters. The highest BCUT2D eigenvalue weighted by Gasteiger charge is 2.19. The number of hydrogen-bond acceptors (Lipinski definition) is 7. The van der Waals surface area contributed by atoms with Crippen LogP contribution in [0.1, 0.15) is 0 Å². The van der Waals surface area contributed by atoms with Crippen molar-refractivity contribution in [3.63, 3.8) is 0 Å². The van der Waals surface area contributed by atoms with Gasteiger partial charge in [-0.05, 0) is 48.5 Å². The van der Waals surface area contributed by atoms with Gasteiger partial charge in [-0.2, -0.15) is 0 Å². The fraction of sp³-hybridized carbons (Fsp3) is 0.200. The van der Waals surface area contributed by atoms with Crippen molar-refractivity contribution >= 4 is 21.6 Å². The summed E-state index contributed by atoms with van der Waals surface area (Å²) in [6.45, 7) is 0.0958. The normalized spacial score (nSPS) is 11.2. The highest BCUT2D eigenvalue weighted by molar-refractivity contribution is 7.89. The maximum Gasteiger partial charge on any atom is 0.244 e. The summed E-state index contributed by atoms with van der Waals surface area (Å²) in [6.07, 6.45) is 0. The van der Waals surface area contributed by atoms with Gasteiger partial charge in [-0.3, -0.25) is 0 Å². The highest BCUT2D eigenvalue weighted by atomic mass is 35.5. The minimum atomic E-state index is -3.81. The third-order valence-electron chi connectivity index (χ3n) is 4.09. The van der Waals surface area contributed by atoms with E-state index in [0.29, 0.717) is 10.7 Å². The SMILES string of the molecule is COc1ccc(-c2ccc(OCCNS(=O)(=O)c3cc(Cl)ccc3OC)nn2)cc1. The third-order valence-corrected chi connectivity index (χ3v) is 5.80. The molecular weight excluding hydrogens is 430 g/mol. The minimum absolute atomic E-state index is 0.0277. The number of nitrogens with one attached hydrogen (secondary N) is 1. The molecule has 8 nitrogen and oxygen atoms in total. The van der Waals surface area contributed by atoms with E-state index >= 15 is 0 Å². The Hall–Kier alpha value is -2.88. The van der Waals surface area contributed by atoms with Crippen LogP contribution in [-0.2, 0) is 10.0 Å². The third kappa shape index (κ3) is 5.38. The molecule has 1 aromatic heterocycles. The molecular formula is C20H20ClN3O5S. The Kier molecular flexibility index (Phi) is 7.09. The Balaban J connectivity index is 1.56. The van der Waals surface area contributed by atoms with E-state index in [1.165, 1.54) is 19.2 Å². The van der Waals surface area contributed by atoms with Crippen LogP contribution in [-0.4, -0.2) is 46.0 Å². The number of halogens is 1. The van der Waals surface area contributed by atoms with Gasteiger partial charge in [0.15, 0.2) is 0 Å². The van der Waals surface area contributed by atoms with Crippen molar-refractivity contribution in [3.05, 3.63) is 59.6 Å². The van der Waals surface area contributed by atoms with E-state index in [4.69, 9.17) is 25.8 Å². The average Bonchev–Trinajstić information content (AvgIpc) is 2.77. The first-order valence-electron chi connectivity index (χ1n) is 8.87. The Bertz CT molecular complexity index is 1090. The number of ether oxygens (including phenoxy) is 3. The number of hydrogen-bond donors (Lipinski definition) is 1. The predicted octanol–water partition coefficient (Wildman–Crippen LogP) is 3.17. The van der Waals surface area contributed by atoms with Gasteiger partial charge in [0.25, 0.3) is 0 Å². The van der Waals surface area contributed by atoms with Crippen LogP contribution < -0.4 is 18.9 Å². The summed E-state index contributed by atoms with van der Waals surface area (Å²) in [5.41, 5.74) is 1.57. The number of rotatable bonds is 9. The van der Waals surface area contributed by atoms with Gasteiger partial charge >= 0.3 is 0 Å². The minimum Gasteiger partial charge on any atom is -0.497 e. The lowest BCUT2D eigenvalue weighted by atomic mass is 10.1. The summed E-state index contributed by atoms with van der Waals surface area (Å²) in [4.78, 5) is -0.0406. The first-order chi connectivity index (χ1) is 14.4. The number of benzene rings is 2. The highest BCUT2D eigenvalue weighted by Crippen LogP contribution is 2.26. The van der Waals surface area contributed by atoms with Crippen molar-refractivity contribution in [2.24, 2.45) is 0 Å². The molecule has 0 saturated carbocycles. The Morgan fingerprint density at radius 1 is 0.967 bits per heavy atom. The maximum absolute atomic E-state index is 12.5. The van der Waals surface area contributed by atoms with E-state index in [2.05, 4.69) is 14.9 Å². The molecule has 10 heteroatoms. The molecule has 0 bridgehead atoms. The molecule has 0 atom stereocenters. The molecule has 3 aromatic rings. The molecule has 0 aliphatic carbocycles. The van der Waals surface area contributed by atoms with Crippen LogP contribution >= 0.6 is 11.6 Å². The fourth-order valence-electron chi connectivity index (χ4n) is 2.58. The number of nitrogens with zero attached hydrogens (tertiary/aromatic N) is 2. The van der Waals surface area contributed by atoms with Gasteiger partial charge in [-0.1, -0.05) is 11.6 Å². The largest absolute Gasteiger partial charge is 0.497 e. The monoisotopic (exact) mass is 449 g/mol. The summed E-state index contributed by atoms with van der Waals surface area (Å²) >= 11 is 5.90. The van der Waals surface area contributed by atoms with Crippen molar-refractivity contribution in [3.8, 4) is 28.6 Å². The molecule has 0 fully saturated rings. The van der Waals surface area contributed by atoms with E-state index in [9.17, 15) is 8.42 Å². The van der Waals surface area contributed by atoms with Crippen LogP contribution in [0.4, 0.5) is 0 Å². The van der Waals surface area contributed by atoms with Crippen molar-refractivity contribution < 1.29 is 22.6 Å². The molecule has 1 heterocycles. The van der Waals surface area contributed by atoms with Crippen LogP contribution in [0.3, 0.4) is 0 Å². The molecule has 3 rings (SSSR count). The molecule has 2 aromatic carbocycles. The van der Waals surface area contributed by atoms with E-state index in [0.717, 1.165) is 11.3 Å². The van der Waals surface area contributed by atoms with Gasteiger partial charge < -0.3 is 14.2 Å². The molecule has 1 N–H and O–H groups in total. The van der Waals surface area contributed by atoms with Gasteiger partial charge in [-0.15, -0.1) is 10.2 Å². The Morgan fingerprint density at radius 2 is 1.73 bits per heavy atom. The lowest BCUT2D eigenvalue weighted by Gasteiger charge is -2.11. The molecule has 158 valence electrons. The smallest absolute Gasteiger partial charge is 0.244 e. The number of aromatic nitrogens is 2. The second-order valence-electron chi connectivity index (χ2n) is 6.03. The van der Waals surface area contributed by atoms with E-state index in [-0.39, 0.29) is 29.7 Å². The molecule has 0 aliphatic heterocycles. The van der Waals surface area contributed by atoms with Crippen LogP contribution in [0.5, 0.6) is 17.4 Å². The average molecular weight is 450 g/mol. The fourth-order valence-corrected chi connectivity index (χ4v) is 4.03. The van der Waals surface area contributed by atoms with E-state index in [1.54, 1.807) is 25.3 Å². The molecule has 0 radical (unpaired) electrons. The number of sulfonamides is 1. The molecule has 0 amide bonds. The first-order valence-corrected chi connectivity index (χ1v) is 10.7.